The van der Waals surface area contributed by atoms with Gasteiger partial charge in [-0.25, -0.2) is 19.9 Å². The van der Waals surface area contributed by atoms with E-state index in [1.54, 1.807) is 0 Å². The van der Waals surface area contributed by atoms with E-state index in [1.807, 2.05) is 40.9 Å². The lowest BCUT2D eigenvalue weighted by Gasteiger charge is -2.13. The molecule has 0 saturated heterocycles. The van der Waals surface area contributed by atoms with Crippen molar-refractivity contribution in [1.82, 2.24) is 38.2 Å². The molecule has 14 aromatic carbocycles. The minimum Gasteiger partial charge on any atom is -0.309 e. The van der Waals surface area contributed by atoms with E-state index < -0.39 is 0 Å². The first-order valence-corrected chi connectivity index (χ1v) is 36.0. The Morgan fingerprint density at radius 3 is 1.11 bits per heavy atom. The van der Waals surface area contributed by atoms with Gasteiger partial charge in [0.2, 0.25) is 0 Å². The third-order valence-electron chi connectivity index (χ3n) is 20.3. The van der Waals surface area contributed by atoms with Gasteiger partial charge in [-0.1, -0.05) is 231 Å². The van der Waals surface area contributed by atoms with Gasteiger partial charge in [-0.3, -0.25) is 9.13 Å². The van der Waals surface area contributed by atoms with Crippen LogP contribution in [0.25, 0.3) is 196 Å². The van der Waals surface area contributed by atoms with Crippen molar-refractivity contribution in [2.24, 2.45) is 0 Å². The Labute approximate surface area is 592 Å². The fraction of sp³-hybridized carbons (Fsp3) is 0. The second kappa shape index (κ2) is 23.3. The molecule has 8 aromatic heterocycles. The SMILES string of the molecule is c1ccc(-c2cc(-n3c4ccccc4c4c5c6ccccc6n(-c6ccccc6)c5ccc43)nc(-c3cccc4c3sc3ccccc34)n2)cc1.c1ccc(-c2nc(-c3ccc4c(c3)sc3ccccc34)cc(-n3c4ccccc4c4c5c6ccccc6n(-c6ccccc6)c5ccc43)n2)cc1. The zero-order valence-corrected chi connectivity index (χ0v) is 56.4. The maximum Gasteiger partial charge on any atom is 0.163 e. The Hall–Kier alpha value is -13.1. The van der Waals surface area contributed by atoms with Gasteiger partial charge in [-0.15, -0.1) is 22.7 Å². The number of fused-ring (bicyclic) bond motifs is 20. The molecule has 102 heavy (non-hydrogen) atoms. The highest BCUT2D eigenvalue weighted by Crippen LogP contribution is 2.47. The van der Waals surface area contributed by atoms with E-state index in [0.717, 1.165) is 84.5 Å². The minimum atomic E-state index is 0.701. The molecule has 0 fully saturated rings. The van der Waals surface area contributed by atoms with Crippen LogP contribution >= 0.6 is 22.7 Å². The van der Waals surface area contributed by atoms with E-state index in [4.69, 9.17) is 19.9 Å². The Morgan fingerprint density at radius 1 is 0.216 bits per heavy atom. The average molecular weight is 1340 g/mol. The number of rotatable bonds is 8. The summed E-state index contributed by atoms with van der Waals surface area (Å²) in [5.74, 6) is 3.10. The zero-order valence-electron chi connectivity index (χ0n) is 54.7. The number of hydrogen-bond donors (Lipinski definition) is 0. The molecule has 0 unspecified atom stereocenters. The average Bonchev–Trinajstić information content (AvgIpc) is 1.55. The number of hydrogen-bond acceptors (Lipinski definition) is 6. The Balaban J connectivity index is 0.000000133. The quantitative estimate of drug-likeness (QED) is 0.152. The molecule has 476 valence electrons. The standard InChI is InChI=1S/2C46H28N4S/c1-3-14-29(15-4-1)36-28-42(48-46(47-36)35-22-13-21-32-31-18-9-12-25-41(31)51-45(32)35)50-38-24-11-8-20-34(38)44-40(50)27-26-39-43(44)33-19-7-10-23-37(33)49(39)30-16-5-2-6-17-30;1-3-13-29(14-4-1)46-47-36(30-23-24-33-32-17-9-12-22-41(32)51-42(33)27-30)28-43(48-46)50-38-21-11-8-19-35(38)45-40(50)26-25-39-44(45)34-18-7-10-20-37(34)49(39)31-15-5-2-6-16-31/h2*1-28H. The number of aromatic nitrogens is 8. The zero-order chi connectivity index (χ0) is 66.9. The first-order chi connectivity index (χ1) is 50.6. The van der Waals surface area contributed by atoms with Crippen molar-refractivity contribution in [3.63, 3.8) is 0 Å². The van der Waals surface area contributed by atoms with Crippen LogP contribution in [0.2, 0.25) is 0 Å². The van der Waals surface area contributed by atoms with Gasteiger partial charge in [-0.2, -0.15) is 0 Å². The lowest BCUT2D eigenvalue weighted by Crippen LogP contribution is -2.02. The summed E-state index contributed by atoms with van der Waals surface area (Å²) >= 11 is 3.64. The number of benzene rings is 14. The van der Waals surface area contributed by atoms with E-state index in [-0.39, 0.29) is 0 Å². The molecule has 0 aliphatic rings. The van der Waals surface area contributed by atoms with Crippen molar-refractivity contribution in [1.29, 1.82) is 0 Å². The lowest BCUT2D eigenvalue weighted by atomic mass is 10.1. The van der Waals surface area contributed by atoms with E-state index in [9.17, 15) is 0 Å². The molecule has 22 aromatic rings. The molecule has 0 saturated carbocycles. The van der Waals surface area contributed by atoms with Crippen molar-refractivity contribution in [2.45, 2.75) is 0 Å². The van der Waals surface area contributed by atoms with Gasteiger partial charge >= 0.3 is 0 Å². The van der Waals surface area contributed by atoms with E-state index in [1.165, 1.54) is 106 Å². The molecule has 0 aliphatic heterocycles. The van der Waals surface area contributed by atoms with Crippen molar-refractivity contribution < 1.29 is 0 Å². The molecule has 0 spiro atoms. The van der Waals surface area contributed by atoms with Gasteiger partial charge in [-0.05, 0) is 97.1 Å². The summed E-state index contributed by atoms with van der Waals surface area (Å²) in [6, 6.07) is 121. The van der Waals surface area contributed by atoms with Crippen LogP contribution < -0.4 is 0 Å². The summed E-state index contributed by atoms with van der Waals surface area (Å²) < 4.78 is 14.4. The van der Waals surface area contributed by atoms with Crippen molar-refractivity contribution in [3.8, 4) is 68.3 Å². The van der Waals surface area contributed by atoms with Gasteiger partial charge < -0.3 is 9.13 Å². The summed E-state index contributed by atoms with van der Waals surface area (Å²) in [6.07, 6.45) is 0. The van der Waals surface area contributed by atoms with Crippen LogP contribution in [0.5, 0.6) is 0 Å². The lowest BCUT2D eigenvalue weighted by molar-refractivity contribution is 1.05. The van der Waals surface area contributed by atoms with Gasteiger partial charge in [0.25, 0.3) is 0 Å². The van der Waals surface area contributed by atoms with Gasteiger partial charge in [0.05, 0.1) is 55.5 Å². The summed E-state index contributed by atoms with van der Waals surface area (Å²) in [5, 5.41) is 14.9. The third kappa shape index (κ3) is 9.06. The van der Waals surface area contributed by atoms with E-state index >= 15 is 0 Å². The Morgan fingerprint density at radius 2 is 0.588 bits per heavy atom. The smallest absolute Gasteiger partial charge is 0.163 e. The van der Waals surface area contributed by atoms with Crippen molar-refractivity contribution in [3.05, 3.63) is 340 Å². The van der Waals surface area contributed by atoms with Gasteiger partial charge in [0, 0.05) is 129 Å². The number of nitrogens with zero attached hydrogens (tertiary/aromatic N) is 8. The Kier molecular flexibility index (Phi) is 13.2. The third-order valence-corrected chi connectivity index (χ3v) is 22.6. The second-order valence-corrected chi connectivity index (χ2v) is 28.1. The van der Waals surface area contributed by atoms with Crippen LogP contribution in [0, 0.1) is 0 Å². The molecule has 0 N–H and O–H groups in total. The topological polar surface area (TPSA) is 71.3 Å². The maximum atomic E-state index is 5.44. The molecule has 0 radical (unpaired) electrons. The molecule has 0 amide bonds. The highest BCUT2D eigenvalue weighted by atomic mass is 32.1. The summed E-state index contributed by atoms with van der Waals surface area (Å²) in [5.41, 5.74) is 17.4. The largest absolute Gasteiger partial charge is 0.309 e. The highest BCUT2D eigenvalue weighted by molar-refractivity contribution is 7.26. The number of thiophene rings is 2. The molecule has 8 heterocycles. The molecule has 0 atom stereocenters. The second-order valence-electron chi connectivity index (χ2n) is 26.0. The molecule has 22 rings (SSSR count). The number of para-hydroxylation sites is 6. The molecule has 10 heteroatoms. The normalized spacial score (nSPS) is 11.9. The first-order valence-electron chi connectivity index (χ1n) is 34.4. The first kappa shape index (κ1) is 57.9. The predicted octanol–water partition coefficient (Wildman–Crippen LogP) is 24.7. The van der Waals surface area contributed by atoms with Crippen LogP contribution in [-0.4, -0.2) is 38.2 Å². The molecule has 8 nitrogen and oxygen atoms in total. The predicted molar refractivity (Wildman–Crippen MR) is 429 cm³/mol. The van der Waals surface area contributed by atoms with Gasteiger partial charge in [0.15, 0.2) is 11.6 Å². The minimum absolute atomic E-state index is 0.701. The van der Waals surface area contributed by atoms with E-state index in [2.05, 4.69) is 340 Å². The molecular weight excluding hydrogens is 1280 g/mol. The fourth-order valence-corrected chi connectivity index (χ4v) is 18.2. The maximum absolute atomic E-state index is 5.44. The monoisotopic (exact) mass is 1340 g/mol. The van der Waals surface area contributed by atoms with Crippen LogP contribution in [0.4, 0.5) is 0 Å². The highest BCUT2D eigenvalue weighted by Gasteiger charge is 2.26. The Bertz CT molecular complexity index is 7120. The summed E-state index contributed by atoms with van der Waals surface area (Å²) in [4.78, 5) is 21.2. The van der Waals surface area contributed by atoms with E-state index in [0.29, 0.717) is 5.82 Å². The van der Waals surface area contributed by atoms with Crippen LogP contribution in [-0.2, 0) is 0 Å². The summed E-state index contributed by atoms with van der Waals surface area (Å²) in [6.45, 7) is 0. The molecule has 0 aliphatic carbocycles. The molecule has 0 bridgehead atoms. The van der Waals surface area contributed by atoms with Crippen molar-refractivity contribution in [2.75, 3.05) is 0 Å². The summed E-state index contributed by atoms with van der Waals surface area (Å²) in [7, 11) is 0. The molecular formula is C92H56N8S2. The van der Waals surface area contributed by atoms with Crippen LogP contribution in [0.3, 0.4) is 0 Å². The fourth-order valence-electron chi connectivity index (χ4n) is 15.9. The van der Waals surface area contributed by atoms with Crippen LogP contribution in [0.1, 0.15) is 0 Å². The van der Waals surface area contributed by atoms with Gasteiger partial charge in [0.1, 0.15) is 11.6 Å². The van der Waals surface area contributed by atoms with Crippen molar-refractivity contribution >= 4 is 150 Å². The van der Waals surface area contributed by atoms with Crippen LogP contribution in [0.15, 0.2) is 340 Å².